The van der Waals surface area contributed by atoms with Crippen molar-refractivity contribution in [2.24, 2.45) is 13.0 Å². The Bertz CT molecular complexity index is 1160. The highest BCUT2D eigenvalue weighted by molar-refractivity contribution is 5.77. The van der Waals surface area contributed by atoms with E-state index in [2.05, 4.69) is 11.9 Å². The molecule has 3 heterocycles. The lowest BCUT2D eigenvalue weighted by atomic mass is 10.1. The lowest BCUT2D eigenvalue weighted by Gasteiger charge is -2.32. The fraction of sp³-hybridized carbons (Fsp3) is 0.333. The lowest BCUT2D eigenvalue weighted by molar-refractivity contribution is -0.137. The average molecular weight is 369 g/mol. The van der Waals surface area contributed by atoms with Crippen molar-refractivity contribution in [2.75, 3.05) is 11.4 Å². The van der Waals surface area contributed by atoms with Crippen LogP contribution in [0.1, 0.15) is 6.92 Å². The monoisotopic (exact) mass is 369 g/mol. The third kappa shape index (κ3) is 2.62. The number of fused-ring (bicyclic) bond motifs is 3. The number of imidazole rings is 1. The highest BCUT2D eigenvalue weighted by Crippen LogP contribution is 2.32. The summed E-state index contributed by atoms with van der Waals surface area (Å²) in [5, 5.41) is 9.06. The van der Waals surface area contributed by atoms with Crippen LogP contribution in [-0.4, -0.2) is 36.3 Å². The molecule has 1 atom stereocenters. The fourth-order valence-corrected chi connectivity index (χ4v) is 3.61. The number of aliphatic carboxylic acids is 1. The molecule has 1 aliphatic heterocycles. The van der Waals surface area contributed by atoms with Crippen LogP contribution in [-0.2, 0) is 24.9 Å². The van der Waals surface area contributed by atoms with Crippen molar-refractivity contribution < 1.29 is 9.90 Å². The average Bonchev–Trinajstić information content (AvgIpc) is 3.03. The second kappa shape index (κ2) is 6.11. The van der Waals surface area contributed by atoms with Crippen LogP contribution in [0.5, 0.6) is 0 Å². The Kier molecular flexibility index (Phi) is 3.87. The summed E-state index contributed by atoms with van der Waals surface area (Å²) in [6, 6.07) is 9.70. The van der Waals surface area contributed by atoms with Crippen molar-refractivity contribution in [3.63, 3.8) is 0 Å². The Morgan fingerprint density at radius 2 is 1.93 bits per heavy atom. The first-order valence-electron chi connectivity index (χ1n) is 8.63. The minimum Gasteiger partial charge on any atom is -0.480 e. The SMILES string of the molecule is C[C@H]1CN(c2ccccc2)c2nc3c(c(=O)n(CC(=O)O)c(=O)n3C)n2C1. The Morgan fingerprint density at radius 1 is 1.22 bits per heavy atom. The van der Waals surface area contributed by atoms with E-state index >= 15 is 0 Å². The number of aromatic nitrogens is 4. The summed E-state index contributed by atoms with van der Waals surface area (Å²) in [5.41, 5.74) is 0.134. The predicted molar refractivity (Wildman–Crippen MR) is 99.5 cm³/mol. The topological polar surface area (TPSA) is 102 Å². The molecule has 0 aliphatic carbocycles. The second-order valence-electron chi connectivity index (χ2n) is 6.87. The molecule has 0 radical (unpaired) electrons. The number of benzene rings is 1. The maximum atomic E-state index is 12.9. The molecule has 1 aromatic carbocycles. The number of carboxylic acids is 1. The number of para-hydroxylation sites is 1. The number of anilines is 2. The molecule has 1 N–H and O–H groups in total. The third-order valence-electron chi connectivity index (χ3n) is 4.80. The van der Waals surface area contributed by atoms with Crippen molar-refractivity contribution in [2.45, 2.75) is 20.0 Å². The summed E-state index contributed by atoms with van der Waals surface area (Å²) in [7, 11) is 1.50. The van der Waals surface area contributed by atoms with E-state index in [1.807, 2.05) is 35.2 Å². The van der Waals surface area contributed by atoms with Gasteiger partial charge in [-0.25, -0.2) is 9.36 Å². The van der Waals surface area contributed by atoms with E-state index in [1.165, 1.54) is 11.6 Å². The van der Waals surface area contributed by atoms with Gasteiger partial charge < -0.3 is 14.6 Å². The van der Waals surface area contributed by atoms with Gasteiger partial charge in [0, 0.05) is 25.8 Å². The number of carboxylic acid groups (broad SMARTS) is 1. The summed E-state index contributed by atoms with van der Waals surface area (Å²) in [6.45, 7) is 2.68. The van der Waals surface area contributed by atoms with Gasteiger partial charge in [0.2, 0.25) is 5.95 Å². The maximum absolute atomic E-state index is 12.9. The van der Waals surface area contributed by atoms with E-state index in [-0.39, 0.29) is 17.1 Å². The highest BCUT2D eigenvalue weighted by Gasteiger charge is 2.29. The molecule has 0 saturated carbocycles. The normalized spacial score (nSPS) is 16.5. The van der Waals surface area contributed by atoms with Crippen molar-refractivity contribution in [3.8, 4) is 0 Å². The molecule has 4 rings (SSSR count). The molecule has 0 saturated heterocycles. The number of nitrogens with zero attached hydrogens (tertiary/aromatic N) is 5. The summed E-state index contributed by atoms with van der Waals surface area (Å²) in [6.07, 6.45) is 0. The van der Waals surface area contributed by atoms with Crippen molar-refractivity contribution in [1.82, 2.24) is 18.7 Å². The first-order valence-corrected chi connectivity index (χ1v) is 8.63. The number of hydrogen-bond acceptors (Lipinski definition) is 5. The zero-order chi connectivity index (χ0) is 19.3. The summed E-state index contributed by atoms with van der Waals surface area (Å²) in [4.78, 5) is 43.1. The summed E-state index contributed by atoms with van der Waals surface area (Å²) < 4.78 is 3.77. The van der Waals surface area contributed by atoms with Crippen molar-refractivity contribution >= 4 is 28.8 Å². The Balaban J connectivity index is 2.03. The minimum absolute atomic E-state index is 0.236. The van der Waals surface area contributed by atoms with Crippen LogP contribution in [0.15, 0.2) is 39.9 Å². The predicted octanol–water partition coefficient (Wildman–Crippen LogP) is 0.769. The third-order valence-corrected chi connectivity index (χ3v) is 4.80. The minimum atomic E-state index is -1.24. The number of carbonyl (C=O) groups is 1. The van der Waals surface area contributed by atoms with Crippen LogP contribution >= 0.6 is 0 Å². The van der Waals surface area contributed by atoms with Gasteiger partial charge in [-0.15, -0.1) is 0 Å². The number of aryl methyl sites for hydroxylation is 1. The van der Waals surface area contributed by atoms with Gasteiger partial charge in [-0.05, 0) is 18.1 Å². The summed E-state index contributed by atoms with van der Waals surface area (Å²) >= 11 is 0. The molecule has 0 bridgehead atoms. The molecule has 0 fully saturated rings. The Hall–Kier alpha value is -3.36. The van der Waals surface area contributed by atoms with Crippen LogP contribution in [0, 0.1) is 5.92 Å². The van der Waals surface area contributed by atoms with E-state index < -0.39 is 23.8 Å². The molecule has 9 nitrogen and oxygen atoms in total. The van der Waals surface area contributed by atoms with Crippen LogP contribution in [0.2, 0.25) is 0 Å². The van der Waals surface area contributed by atoms with Gasteiger partial charge in [-0.2, -0.15) is 4.98 Å². The van der Waals surface area contributed by atoms with E-state index in [0.29, 0.717) is 12.5 Å². The molecule has 0 amide bonds. The zero-order valence-electron chi connectivity index (χ0n) is 15.0. The van der Waals surface area contributed by atoms with Crippen molar-refractivity contribution in [1.29, 1.82) is 0 Å². The van der Waals surface area contributed by atoms with Gasteiger partial charge in [0.25, 0.3) is 5.56 Å². The smallest absolute Gasteiger partial charge is 0.333 e. The number of rotatable bonds is 3. The molecule has 9 heteroatoms. The van der Waals surface area contributed by atoms with Gasteiger partial charge in [0.1, 0.15) is 6.54 Å². The molecule has 0 unspecified atom stereocenters. The van der Waals surface area contributed by atoms with Gasteiger partial charge in [0.05, 0.1) is 0 Å². The molecule has 1 aliphatic rings. The van der Waals surface area contributed by atoms with E-state index in [9.17, 15) is 14.4 Å². The molecule has 3 aromatic rings. The highest BCUT2D eigenvalue weighted by atomic mass is 16.4. The first kappa shape index (κ1) is 17.1. The Labute approximate surface area is 153 Å². The molecular weight excluding hydrogens is 350 g/mol. The molecule has 0 spiro atoms. The standard InChI is InChI=1S/C18H19N5O4/c1-11-8-21(12-6-4-3-5-7-12)17-19-15-14(22(17)9-11)16(26)23(10-13(24)25)18(27)20(15)2/h3-7,11H,8-10H2,1-2H3,(H,24,25)/t11-/m0/s1. The van der Waals surface area contributed by atoms with E-state index in [0.717, 1.165) is 16.8 Å². The van der Waals surface area contributed by atoms with E-state index in [4.69, 9.17) is 5.11 Å². The fourth-order valence-electron chi connectivity index (χ4n) is 3.61. The molecular formula is C18H19N5O4. The van der Waals surface area contributed by atoms with Crippen molar-refractivity contribution in [3.05, 3.63) is 51.2 Å². The lowest BCUT2D eigenvalue weighted by Crippen LogP contribution is -2.41. The summed E-state index contributed by atoms with van der Waals surface area (Å²) in [5.74, 6) is -0.430. The number of hydrogen-bond donors (Lipinski definition) is 1. The Morgan fingerprint density at radius 3 is 2.59 bits per heavy atom. The van der Waals surface area contributed by atoms with Crippen LogP contribution in [0.3, 0.4) is 0 Å². The zero-order valence-corrected chi connectivity index (χ0v) is 15.0. The molecule has 27 heavy (non-hydrogen) atoms. The first-order chi connectivity index (χ1) is 12.9. The van der Waals surface area contributed by atoms with Crippen LogP contribution in [0.25, 0.3) is 11.2 Å². The van der Waals surface area contributed by atoms with Gasteiger partial charge in [-0.1, -0.05) is 25.1 Å². The molecule has 2 aromatic heterocycles. The van der Waals surface area contributed by atoms with Gasteiger partial charge in [0.15, 0.2) is 11.2 Å². The van der Waals surface area contributed by atoms with Crippen LogP contribution in [0.4, 0.5) is 11.6 Å². The van der Waals surface area contributed by atoms with Gasteiger partial charge >= 0.3 is 11.7 Å². The largest absolute Gasteiger partial charge is 0.480 e. The van der Waals surface area contributed by atoms with E-state index in [1.54, 1.807) is 4.57 Å². The molecule has 140 valence electrons. The van der Waals surface area contributed by atoms with Gasteiger partial charge in [-0.3, -0.25) is 14.2 Å². The second-order valence-corrected chi connectivity index (χ2v) is 6.87. The van der Waals surface area contributed by atoms with Crippen LogP contribution < -0.4 is 16.1 Å². The maximum Gasteiger partial charge on any atom is 0.333 e. The quantitative estimate of drug-likeness (QED) is 0.732.